The summed E-state index contributed by atoms with van der Waals surface area (Å²) in [4.78, 5) is 6.39. The smallest absolute Gasteiger partial charge is 0.280 e. The topological polar surface area (TPSA) is 65.5 Å². The monoisotopic (exact) mass is 298 g/mol. The molecule has 6 nitrogen and oxygen atoms in total. The molecule has 1 N–H and O–H groups in total. The second kappa shape index (κ2) is 6.17. The SMILES string of the molecule is Cc1cccnc1[C@H](C)NS(=O)(=O)N1CCN(C)CC1. The summed E-state index contributed by atoms with van der Waals surface area (Å²) in [6, 6.07) is 3.45. The van der Waals surface area contributed by atoms with Crippen LogP contribution in [0.2, 0.25) is 0 Å². The molecular weight excluding hydrogens is 276 g/mol. The zero-order valence-corrected chi connectivity index (χ0v) is 13.0. The van der Waals surface area contributed by atoms with Crippen molar-refractivity contribution < 1.29 is 8.42 Å². The summed E-state index contributed by atoms with van der Waals surface area (Å²) in [5.74, 6) is 0. The third kappa shape index (κ3) is 3.54. The fourth-order valence-electron chi connectivity index (χ4n) is 2.33. The molecule has 1 atom stereocenters. The Morgan fingerprint density at radius 3 is 2.55 bits per heavy atom. The van der Waals surface area contributed by atoms with Crippen molar-refractivity contribution in [1.29, 1.82) is 0 Å². The number of aromatic nitrogens is 1. The van der Waals surface area contributed by atoms with Crippen molar-refractivity contribution >= 4 is 10.2 Å². The van der Waals surface area contributed by atoms with Crippen molar-refractivity contribution in [3.63, 3.8) is 0 Å². The Labute approximate surface area is 121 Å². The van der Waals surface area contributed by atoms with Gasteiger partial charge in [-0.05, 0) is 32.5 Å². The van der Waals surface area contributed by atoms with Crippen LogP contribution in [0.5, 0.6) is 0 Å². The van der Waals surface area contributed by atoms with E-state index in [1.807, 2.05) is 33.0 Å². The molecule has 1 aliphatic heterocycles. The van der Waals surface area contributed by atoms with Crippen LogP contribution in [0.25, 0.3) is 0 Å². The predicted octanol–water partition coefficient (Wildman–Crippen LogP) is 0.533. The van der Waals surface area contributed by atoms with Gasteiger partial charge in [-0.15, -0.1) is 0 Å². The lowest BCUT2D eigenvalue weighted by Gasteiger charge is -2.32. The molecule has 1 aromatic heterocycles. The van der Waals surface area contributed by atoms with E-state index in [1.54, 1.807) is 6.20 Å². The number of nitrogens with zero attached hydrogens (tertiary/aromatic N) is 3. The minimum Gasteiger partial charge on any atom is -0.304 e. The van der Waals surface area contributed by atoms with Crippen molar-refractivity contribution in [3.05, 3.63) is 29.6 Å². The maximum Gasteiger partial charge on any atom is 0.280 e. The Morgan fingerprint density at radius 2 is 1.95 bits per heavy atom. The largest absolute Gasteiger partial charge is 0.304 e. The molecule has 20 heavy (non-hydrogen) atoms. The van der Waals surface area contributed by atoms with Gasteiger partial charge in [-0.1, -0.05) is 6.07 Å². The highest BCUT2D eigenvalue weighted by molar-refractivity contribution is 7.87. The van der Waals surface area contributed by atoms with Gasteiger partial charge in [0, 0.05) is 32.4 Å². The molecule has 0 spiro atoms. The molecule has 1 aromatic rings. The molecular formula is C13H22N4O2S. The highest BCUT2D eigenvalue weighted by atomic mass is 32.2. The Bertz CT molecular complexity index is 553. The lowest BCUT2D eigenvalue weighted by atomic mass is 10.1. The van der Waals surface area contributed by atoms with Gasteiger partial charge in [0.05, 0.1) is 11.7 Å². The quantitative estimate of drug-likeness (QED) is 0.881. The molecule has 2 rings (SSSR count). The molecule has 1 saturated heterocycles. The lowest BCUT2D eigenvalue weighted by Crippen LogP contribution is -2.51. The molecule has 0 aliphatic carbocycles. The summed E-state index contributed by atoms with van der Waals surface area (Å²) in [6.07, 6.45) is 1.68. The third-order valence-electron chi connectivity index (χ3n) is 3.59. The molecule has 0 unspecified atom stereocenters. The van der Waals surface area contributed by atoms with E-state index in [9.17, 15) is 8.42 Å². The van der Waals surface area contributed by atoms with Gasteiger partial charge >= 0.3 is 0 Å². The Balaban J connectivity index is 2.07. The Kier molecular flexibility index (Phi) is 4.74. The van der Waals surface area contributed by atoms with E-state index in [4.69, 9.17) is 0 Å². The van der Waals surface area contributed by atoms with Gasteiger partial charge < -0.3 is 4.90 Å². The van der Waals surface area contributed by atoms with Gasteiger partial charge in [0.25, 0.3) is 10.2 Å². The zero-order valence-electron chi connectivity index (χ0n) is 12.2. The van der Waals surface area contributed by atoms with Crippen molar-refractivity contribution in [1.82, 2.24) is 18.9 Å². The first-order valence-electron chi connectivity index (χ1n) is 6.77. The first-order chi connectivity index (χ1) is 9.40. The summed E-state index contributed by atoms with van der Waals surface area (Å²) < 4.78 is 28.9. The van der Waals surface area contributed by atoms with E-state index in [1.165, 1.54) is 4.31 Å². The van der Waals surface area contributed by atoms with E-state index in [-0.39, 0.29) is 6.04 Å². The highest BCUT2D eigenvalue weighted by Gasteiger charge is 2.27. The highest BCUT2D eigenvalue weighted by Crippen LogP contribution is 2.16. The van der Waals surface area contributed by atoms with Crippen LogP contribution in [0.4, 0.5) is 0 Å². The number of piperazine rings is 1. The Hall–Kier alpha value is -1.02. The van der Waals surface area contributed by atoms with Crippen LogP contribution < -0.4 is 4.72 Å². The Morgan fingerprint density at radius 1 is 1.30 bits per heavy atom. The van der Waals surface area contributed by atoms with Crippen molar-refractivity contribution in [3.8, 4) is 0 Å². The summed E-state index contributed by atoms with van der Waals surface area (Å²) in [5, 5.41) is 0. The molecule has 0 aromatic carbocycles. The van der Waals surface area contributed by atoms with Gasteiger partial charge in [0.1, 0.15) is 0 Å². The molecule has 2 heterocycles. The molecule has 0 radical (unpaired) electrons. The number of aryl methyl sites for hydroxylation is 1. The minimum absolute atomic E-state index is 0.333. The summed E-state index contributed by atoms with van der Waals surface area (Å²) in [5.41, 5.74) is 1.76. The van der Waals surface area contributed by atoms with Crippen LogP contribution >= 0.6 is 0 Å². The van der Waals surface area contributed by atoms with Crippen LogP contribution in [0.3, 0.4) is 0 Å². The van der Waals surface area contributed by atoms with E-state index >= 15 is 0 Å². The lowest BCUT2D eigenvalue weighted by molar-refractivity contribution is 0.220. The first kappa shape index (κ1) is 15.4. The normalized spacial score (nSPS) is 19.9. The number of nitrogens with one attached hydrogen (secondary N) is 1. The third-order valence-corrected chi connectivity index (χ3v) is 5.28. The molecule has 0 amide bonds. The van der Waals surface area contributed by atoms with E-state index in [2.05, 4.69) is 14.6 Å². The second-order valence-corrected chi connectivity index (χ2v) is 6.95. The van der Waals surface area contributed by atoms with Crippen molar-refractivity contribution in [2.45, 2.75) is 19.9 Å². The van der Waals surface area contributed by atoms with Crippen molar-refractivity contribution in [2.24, 2.45) is 0 Å². The molecule has 7 heteroatoms. The van der Waals surface area contributed by atoms with Crippen molar-refractivity contribution in [2.75, 3.05) is 33.2 Å². The molecule has 1 fully saturated rings. The van der Waals surface area contributed by atoms with Crippen LogP contribution in [0.15, 0.2) is 18.3 Å². The van der Waals surface area contributed by atoms with Gasteiger partial charge in [-0.25, -0.2) is 0 Å². The van der Waals surface area contributed by atoms with Crippen LogP contribution in [-0.4, -0.2) is 55.8 Å². The molecule has 112 valence electrons. The number of likely N-dealkylation sites (N-methyl/N-ethyl adjacent to an activating group) is 1. The van der Waals surface area contributed by atoms with Crippen LogP contribution in [-0.2, 0) is 10.2 Å². The molecule has 1 aliphatic rings. The zero-order chi connectivity index (χ0) is 14.8. The predicted molar refractivity (Wildman–Crippen MR) is 78.5 cm³/mol. The van der Waals surface area contributed by atoms with E-state index in [0.29, 0.717) is 13.1 Å². The van der Waals surface area contributed by atoms with Gasteiger partial charge in [-0.2, -0.15) is 17.4 Å². The summed E-state index contributed by atoms with van der Waals surface area (Å²) >= 11 is 0. The van der Waals surface area contributed by atoms with Crippen LogP contribution in [0.1, 0.15) is 24.2 Å². The van der Waals surface area contributed by atoms with E-state index in [0.717, 1.165) is 24.3 Å². The molecule has 0 bridgehead atoms. The second-order valence-electron chi connectivity index (χ2n) is 5.25. The minimum atomic E-state index is -3.45. The number of pyridine rings is 1. The maximum atomic E-state index is 12.4. The summed E-state index contributed by atoms with van der Waals surface area (Å²) in [7, 11) is -1.46. The first-order valence-corrected chi connectivity index (χ1v) is 8.21. The number of rotatable bonds is 4. The number of hydrogen-bond acceptors (Lipinski definition) is 4. The average Bonchev–Trinajstić information content (AvgIpc) is 2.39. The maximum absolute atomic E-state index is 12.4. The standard InChI is InChI=1S/C13H22N4O2S/c1-11-5-4-6-14-13(11)12(2)15-20(18,19)17-9-7-16(3)8-10-17/h4-6,12,15H,7-10H2,1-3H3/t12-/m0/s1. The summed E-state index contributed by atoms with van der Waals surface area (Å²) in [6.45, 7) is 6.33. The fourth-order valence-corrected chi connectivity index (χ4v) is 3.68. The average molecular weight is 298 g/mol. The van der Waals surface area contributed by atoms with Gasteiger partial charge in [0.15, 0.2) is 0 Å². The van der Waals surface area contributed by atoms with Gasteiger partial charge in [0.2, 0.25) is 0 Å². The van der Waals surface area contributed by atoms with Crippen LogP contribution in [0, 0.1) is 6.92 Å². The number of hydrogen-bond donors (Lipinski definition) is 1. The van der Waals surface area contributed by atoms with Gasteiger partial charge in [-0.3, -0.25) is 4.98 Å². The molecule has 0 saturated carbocycles. The van der Waals surface area contributed by atoms with E-state index < -0.39 is 10.2 Å². The fraction of sp³-hybridized carbons (Fsp3) is 0.615.